The summed E-state index contributed by atoms with van der Waals surface area (Å²) >= 11 is 4.76. The van der Waals surface area contributed by atoms with Crippen LogP contribution in [0.15, 0.2) is 20.6 Å². The van der Waals surface area contributed by atoms with Crippen molar-refractivity contribution < 1.29 is 4.39 Å². The Morgan fingerprint density at radius 3 is 2.86 bits per heavy atom. The first-order chi connectivity index (χ1) is 10.4. The Kier molecular flexibility index (Phi) is 4.05. The molecule has 0 aliphatic heterocycles. The number of aromatic nitrogens is 3. The van der Waals surface area contributed by atoms with E-state index in [1.54, 1.807) is 13.1 Å². The summed E-state index contributed by atoms with van der Waals surface area (Å²) in [6.07, 6.45) is 5.49. The number of hydrogen-bond acceptors (Lipinski definition) is 4. The summed E-state index contributed by atoms with van der Waals surface area (Å²) in [4.78, 5) is 21.5. The number of aryl methyl sites for hydroxylation is 1. The van der Waals surface area contributed by atoms with Crippen LogP contribution in [-0.4, -0.2) is 26.5 Å². The van der Waals surface area contributed by atoms with Crippen LogP contribution in [0.3, 0.4) is 0 Å². The van der Waals surface area contributed by atoms with E-state index in [9.17, 15) is 9.18 Å². The fourth-order valence-electron chi connectivity index (χ4n) is 3.18. The molecule has 1 aliphatic rings. The van der Waals surface area contributed by atoms with E-state index in [1.165, 1.54) is 16.3 Å². The Balaban J connectivity index is 2.39. The van der Waals surface area contributed by atoms with Gasteiger partial charge in [0.1, 0.15) is 11.3 Å². The Morgan fingerprint density at radius 2 is 2.27 bits per heavy atom. The SMILES string of the molecule is CSc1ncc2c(C)c(Br)c(=O)n([C@@H]3CCC[C@]3(C)F)c2n1. The average molecular weight is 386 g/mol. The van der Waals surface area contributed by atoms with Crippen LogP contribution < -0.4 is 5.56 Å². The lowest BCUT2D eigenvalue weighted by Crippen LogP contribution is -2.35. The zero-order chi connectivity index (χ0) is 16.1. The summed E-state index contributed by atoms with van der Waals surface area (Å²) in [6.45, 7) is 3.43. The maximum atomic E-state index is 14.9. The van der Waals surface area contributed by atoms with E-state index in [1.807, 2.05) is 13.2 Å². The van der Waals surface area contributed by atoms with Gasteiger partial charge in [-0.25, -0.2) is 14.4 Å². The molecule has 0 saturated heterocycles. The number of halogens is 2. The number of rotatable bonds is 2. The topological polar surface area (TPSA) is 47.8 Å². The van der Waals surface area contributed by atoms with Gasteiger partial charge in [-0.15, -0.1) is 0 Å². The van der Waals surface area contributed by atoms with Gasteiger partial charge >= 0.3 is 0 Å². The Morgan fingerprint density at radius 1 is 1.55 bits per heavy atom. The molecule has 0 bridgehead atoms. The molecule has 0 aromatic carbocycles. The van der Waals surface area contributed by atoms with Gasteiger partial charge in [0.05, 0.1) is 10.5 Å². The third kappa shape index (κ3) is 2.38. The van der Waals surface area contributed by atoms with E-state index >= 15 is 0 Å². The largest absolute Gasteiger partial charge is 0.285 e. The lowest BCUT2D eigenvalue weighted by atomic mass is 10.0. The van der Waals surface area contributed by atoms with Crippen molar-refractivity contribution in [3.05, 3.63) is 26.6 Å². The van der Waals surface area contributed by atoms with Gasteiger partial charge in [0.2, 0.25) is 0 Å². The molecule has 1 fully saturated rings. The second kappa shape index (κ2) is 5.60. The molecule has 3 rings (SSSR count). The van der Waals surface area contributed by atoms with Crippen molar-refractivity contribution in [1.29, 1.82) is 0 Å². The molecule has 0 spiro atoms. The van der Waals surface area contributed by atoms with Gasteiger partial charge in [-0.1, -0.05) is 11.8 Å². The second-order valence-electron chi connectivity index (χ2n) is 5.89. The van der Waals surface area contributed by atoms with Gasteiger partial charge in [-0.3, -0.25) is 9.36 Å². The van der Waals surface area contributed by atoms with Gasteiger partial charge in [-0.05, 0) is 60.9 Å². The van der Waals surface area contributed by atoms with Crippen molar-refractivity contribution in [2.24, 2.45) is 0 Å². The van der Waals surface area contributed by atoms with Crippen molar-refractivity contribution in [1.82, 2.24) is 14.5 Å². The lowest BCUT2D eigenvalue weighted by molar-refractivity contribution is 0.137. The molecule has 0 N–H and O–H groups in total. The zero-order valence-corrected chi connectivity index (χ0v) is 15.1. The first-order valence-corrected chi connectivity index (χ1v) is 9.19. The maximum absolute atomic E-state index is 14.9. The summed E-state index contributed by atoms with van der Waals surface area (Å²) in [5.74, 6) is 0. The van der Waals surface area contributed by atoms with Crippen molar-refractivity contribution in [2.75, 3.05) is 6.26 Å². The zero-order valence-electron chi connectivity index (χ0n) is 12.7. The molecule has 2 aromatic rings. The number of fused-ring (bicyclic) bond motifs is 1. The Hall–Kier alpha value is -0.950. The smallest absolute Gasteiger partial charge is 0.267 e. The number of hydrogen-bond donors (Lipinski definition) is 0. The van der Waals surface area contributed by atoms with Crippen LogP contribution in [0, 0.1) is 6.92 Å². The summed E-state index contributed by atoms with van der Waals surface area (Å²) in [6, 6.07) is -0.482. The number of pyridine rings is 1. The van der Waals surface area contributed by atoms with Crippen LogP contribution in [-0.2, 0) is 0 Å². The lowest BCUT2D eigenvalue weighted by Gasteiger charge is -2.26. The minimum Gasteiger partial charge on any atom is -0.285 e. The van der Waals surface area contributed by atoms with Gasteiger partial charge in [-0.2, -0.15) is 0 Å². The molecule has 118 valence electrons. The number of thioether (sulfide) groups is 1. The predicted octanol–water partition coefficient (Wildman–Crippen LogP) is 4.04. The highest BCUT2D eigenvalue weighted by molar-refractivity contribution is 9.10. The van der Waals surface area contributed by atoms with Crippen LogP contribution in [0.4, 0.5) is 4.39 Å². The summed E-state index contributed by atoms with van der Waals surface area (Å²) in [5.41, 5.74) is -0.287. The molecule has 2 heterocycles. The standard InChI is InChI=1S/C15H17BrFN3OS/c1-8-9-7-18-14(22-3)19-12(9)20(13(21)11(8)16)10-5-4-6-15(10,2)17/h7,10H,4-6H2,1-3H3/t10-,15+/m1/s1. The molecular weight excluding hydrogens is 369 g/mol. The highest BCUT2D eigenvalue weighted by Gasteiger charge is 2.42. The predicted molar refractivity (Wildman–Crippen MR) is 90.4 cm³/mol. The van der Waals surface area contributed by atoms with E-state index in [0.717, 1.165) is 17.4 Å². The third-order valence-electron chi connectivity index (χ3n) is 4.45. The van der Waals surface area contributed by atoms with Crippen LogP contribution in [0.5, 0.6) is 0 Å². The molecule has 22 heavy (non-hydrogen) atoms. The summed E-state index contributed by atoms with van der Waals surface area (Å²) in [5, 5.41) is 1.37. The highest BCUT2D eigenvalue weighted by atomic mass is 79.9. The third-order valence-corrected chi connectivity index (χ3v) is 5.94. The van der Waals surface area contributed by atoms with Crippen molar-refractivity contribution in [3.8, 4) is 0 Å². The van der Waals surface area contributed by atoms with E-state index in [-0.39, 0.29) is 5.56 Å². The molecule has 0 radical (unpaired) electrons. The van der Waals surface area contributed by atoms with Gasteiger partial charge < -0.3 is 0 Å². The molecule has 7 heteroatoms. The van der Waals surface area contributed by atoms with E-state index < -0.39 is 11.7 Å². The second-order valence-corrected chi connectivity index (χ2v) is 7.46. The number of alkyl halides is 1. The minimum atomic E-state index is -1.39. The average Bonchev–Trinajstić information content (AvgIpc) is 2.84. The molecule has 4 nitrogen and oxygen atoms in total. The van der Waals surface area contributed by atoms with E-state index in [0.29, 0.717) is 28.1 Å². The maximum Gasteiger partial charge on any atom is 0.267 e. The Bertz CT molecular complexity index is 805. The van der Waals surface area contributed by atoms with E-state index in [2.05, 4.69) is 25.9 Å². The first-order valence-electron chi connectivity index (χ1n) is 7.17. The van der Waals surface area contributed by atoms with Crippen LogP contribution in [0.1, 0.15) is 37.8 Å². The molecule has 0 unspecified atom stereocenters. The van der Waals surface area contributed by atoms with Crippen molar-refractivity contribution in [3.63, 3.8) is 0 Å². The fourth-order valence-corrected chi connectivity index (χ4v) is 3.92. The fraction of sp³-hybridized carbons (Fsp3) is 0.533. The monoisotopic (exact) mass is 385 g/mol. The molecular formula is C15H17BrFN3OS. The van der Waals surface area contributed by atoms with E-state index in [4.69, 9.17) is 0 Å². The molecule has 1 saturated carbocycles. The summed E-state index contributed by atoms with van der Waals surface area (Å²) in [7, 11) is 0. The molecule has 2 atom stereocenters. The van der Waals surface area contributed by atoms with Crippen molar-refractivity contribution >= 4 is 38.7 Å². The Labute approximate surface area is 140 Å². The quantitative estimate of drug-likeness (QED) is 0.578. The van der Waals surface area contributed by atoms with Gasteiger partial charge in [0, 0.05) is 11.6 Å². The van der Waals surface area contributed by atoms with Crippen LogP contribution in [0.2, 0.25) is 0 Å². The van der Waals surface area contributed by atoms with Crippen LogP contribution in [0.25, 0.3) is 11.0 Å². The van der Waals surface area contributed by atoms with Crippen LogP contribution >= 0.6 is 27.7 Å². The summed E-state index contributed by atoms with van der Waals surface area (Å²) < 4.78 is 16.9. The van der Waals surface area contributed by atoms with Gasteiger partial charge in [0.15, 0.2) is 5.16 Å². The first kappa shape index (κ1) is 15.9. The normalized spacial score (nSPS) is 25.0. The van der Waals surface area contributed by atoms with Crippen molar-refractivity contribution in [2.45, 2.75) is 50.0 Å². The minimum absolute atomic E-state index is 0.216. The highest BCUT2D eigenvalue weighted by Crippen LogP contribution is 2.42. The molecule has 2 aromatic heterocycles. The number of nitrogens with zero attached hydrogens (tertiary/aromatic N) is 3. The molecule has 1 aliphatic carbocycles. The van der Waals surface area contributed by atoms with Gasteiger partial charge in [0.25, 0.3) is 5.56 Å². The molecule has 0 amide bonds.